The number of carbonyl (C=O) groups excluding carboxylic acids is 1. The summed E-state index contributed by atoms with van der Waals surface area (Å²) in [6.07, 6.45) is 1.77. The Morgan fingerprint density at radius 3 is 3.05 bits per heavy atom. The van der Waals surface area contributed by atoms with Crippen LogP contribution in [0.5, 0.6) is 0 Å². The molecule has 20 heavy (non-hydrogen) atoms. The Morgan fingerprint density at radius 1 is 1.25 bits per heavy atom. The third kappa shape index (κ3) is 1.65. The molecular formula is C14H9BrN4O. The molecule has 0 fully saturated rings. The van der Waals surface area contributed by atoms with Crippen LogP contribution in [0.25, 0.3) is 16.9 Å². The lowest BCUT2D eigenvalue weighted by Crippen LogP contribution is -2.12. The van der Waals surface area contributed by atoms with Crippen molar-refractivity contribution in [2.75, 3.05) is 0 Å². The molecule has 3 aromatic rings. The van der Waals surface area contributed by atoms with Gasteiger partial charge < -0.3 is 5.32 Å². The number of halogens is 1. The van der Waals surface area contributed by atoms with Crippen molar-refractivity contribution in [2.45, 2.75) is 6.54 Å². The van der Waals surface area contributed by atoms with E-state index in [-0.39, 0.29) is 5.91 Å². The van der Waals surface area contributed by atoms with Crippen molar-refractivity contribution >= 4 is 27.5 Å². The van der Waals surface area contributed by atoms with Crippen LogP contribution in [0.1, 0.15) is 15.9 Å². The highest BCUT2D eigenvalue weighted by atomic mass is 79.9. The number of amides is 1. The maximum Gasteiger partial charge on any atom is 0.251 e. The highest BCUT2D eigenvalue weighted by Crippen LogP contribution is 2.25. The standard InChI is InChI=1S/C14H9BrN4O/c15-12-3-4-13-16-7-11(19(13)18-12)8-1-2-9-6-17-14(20)10(9)5-8/h1-5,7H,6H2,(H,17,20). The Labute approximate surface area is 122 Å². The summed E-state index contributed by atoms with van der Waals surface area (Å²) >= 11 is 3.36. The molecule has 1 N–H and O–H groups in total. The predicted molar refractivity (Wildman–Crippen MR) is 77.3 cm³/mol. The monoisotopic (exact) mass is 328 g/mol. The van der Waals surface area contributed by atoms with Crippen LogP contribution < -0.4 is 5.32 Å². The zero-order chi connectivity index (χ0) is 13.7. The lowest BCUT2D eigenvalue weighted by molar-refractivity contribution is 0.0966. The van der Waals surface area contributed by atoms with Gasteiger partial charge in [-0.1, -0.05) is 12.1 Å². The first kappa shape index (κ1) is 11.6. The summed E-state index contributed by atoms with van der Waals surface area (Å²) in [5.41, 5.74) is 4.32. The third-order valence-electron chi connectivity index (χ3n) is 3.42. The van der Waals surface area contributed by atoms with E-state index in [0.29, 0.717) is 6.54 Å². The van der Waals surface area contributed by atoms with Crippen molar-refractivity contribution in [1.82, 2.24) is 19.9 Å². The van der Waals surface area contributed by atoms with E-state index in [4.69, 9.17) is 0 Å². The van der Waals surface area contributed by atoms with Crippen molar-refractivity contribution in [3.05, 3.63) is 52.3 Å². The van der Waals surface area contributed by atoms with Gasteiger partial charge in [-0.05, 0) is 39.7 Å². The number of fused-ring (bicyclic) bond motifs is 2. The second-order valence-electron chi connectivity index (χ2n) is 4.62. The van der Waals surface area contributed by atoms with Crippen LogP contribution in [-0.2, 0) is 6.54 Å². The smallest absolute Gasteiger partial charge is 0.251 e. The molecule has 0 spiro atoms. The van der Waals surface area contributed by atoms with Gasteiger partial charge in [-0.2, -0.15) is 5.10 Å². The number of hydrogen-bond donors (Lipinski definition) is 1. The summed E-state index contributed by atoms with van der Waals surface area (Å²) in [7, 11) is 0. The molecule has 1 amide bonds. The molecular weight excluding hydrogens is 320 g/mol. The summed E-state index contributed by atoms with van der Waals surface area (Å²) < 4.78 is 2.50. The largest absolute Gasteiger partial charge is 0.348 e. The highest BCUT2D eigenvalue weighted by molar-refractivity contribution is 9.10. The molecule has 0 unspecified atom stereocenters. The molecule has 4 rings (SSSR count). The van der Waals surface area contributed by atoms with Crippen molar-refractivity contribution in [2.24, 2.45) is 0 Å². The number of hydrogen-bond acceptors (Lipinski definition) is 3. The quantitative estimate of drug-likeness (QED) is 0.746. The number of nitrogens with one attached hydrogen (secondary N) is 1. The first-order valence-electron chi connectivity index (χ1n) is 6.14. The van der Waals surface area contributed by atoms with Crippen LogP contribution in [-0.4, -0.2) is 20.5 Å². The lowest BCUT2D eigenvalue weighted by Gasteiger charge is -2.03. The summed E-state index contributed by atoms with van der Waals surface area (Å²) in [6.45, 7) is 0.603. The van der Waals surface area contributed by atoms with E-state index in [1.54, 1.807) is 10.7 Å². The summed E-state index contributed by atoms with van der Waals surface area (Å²) in [5, 5.41) is 7.21. The Kier molecular flexibility index (Phi) is 2.40. The van der Waals surface area contributed by atoms with Crippen LogP contribution >= 0.6 is 15.9 Å². The van der Waals surface area contributed by atoms with Gasteiger partial charge in [-0.3, -0.25) is 4.79 Å². The number of nitrogens with zero attached hydrogens (tertiary/aromatic N) is 3. The van der Waals surface area contributed by atoms with Crippen molar-refractivity contribution in [3.63, 3.8) is 0 Å². The summed E-state index contributed by atoms with van der Waals surface area (Å²) in [6, 6.07) is 9.59. The van der Waals surface area contributed by atoms with Crippen molar-refractivity contribution in [3.8, 4) is 11.3 Å². The van der Waals surface area contributed by atoms with Crippen LogP contribution in [0.3, 0.4) is 0 Å². The topological polar surface area (TPSA) is 59.3 Å². The van der Waals surface area contributed by atoms with Gasteiger partial charge in [0, 0.05) is 17.7 Å². The number of carbonyl (C=O) groups is 1. The second kappa shape index (κ2) is 4.14. The van der Waals surface area contributed by atoms with Crippen LogP contribution in [0.4, 0.5) is 0 Å². The second-order valence-corrected chi connectivity index (χ2v) is 5.44. The maximum atomic E-state index is 11.7. The Balaban J connectivity index is 1.93. The van der Waals surface area contributed by atoms with Gasteiger partial charge in [0.15, 0.2) is 5.65 Å². The molecule has 1 aliphatic heterocycles. The number of imidazole rings is 1. The molecule has 0 saturated carbocycles. The maximum absolute atomic E-state index is 11.7. The van der Waals surface area contributed by atoms with Crippen LogP contribution in [0.15, 0.2) is 41.1 Å². The SMILES string of the molecule is O=C1NCc2ccc(-c3cnc4ccc(Br)nn34)cc21. The van der Waals surface area contributed by atoms with Crippen molar-refractivity contribution < 1.29 is 4.79 Å². The normalized spacial score (nSPS) is 13.6. The molecule has 98 valence electrons. The van der Waals surface area contributed by atoms with E-state index in [2.05, 4.69) is 31.3 Å². The van der Waals surface area contributed by atoms with E-state index in [9.17, 15) is 4.79 Å². The highest BCUT2D eigenvalue weighted by Gasteiger charge is 2.19. The van der Waals surface area contributed by atoms with Gasteiger partial charge >= 0.3 is 0 Å². The average molecular weight is 329 g/mol. The molecule has 0 aliphatic carbocycles. The van der Waals surface area contributed by atoms with E-state index in [1.165, 1.54) is 0 Å². The molecule has 6 heteroatoms. The number of aromatic nitrogens is 3. The molecule has 0 saturated heterocycles. The van der Waals surface area contributed by atoms with Gasteiger partial charge in [0.05, 0.1) is 11.9 Å². The van der Waals surface area contributed by atoms with E-state index in [1.807, 2.05) is 30.3 Å². The fourth-order valence-electron chi connectivity index (χ4n) is 2.42. The summed E-state index contributed by atoms with van der Waals surface area (Å²) in [5.74, 6) is -0.0233. The predicted octanol–water partition coefficient (Wildman–Crippen LogP) is 2.40. The van der Waals surface area contributed by atoms with Gasteiger partial charge in [0.1, 0.15) is 4.60 Å². The van der Waals surface area contributed by atoms with Crippen LogP contribution in [0, 0.1) is 0 Å². The summed E-state index contributed by atoms with van der Waals surface area (Å²) in [4.78, 5) is 16.1. The fourth-order valence-corrected chi connectivity index (χ4v) is 2.71. The van der Waals surface area contributed by atoms with E-state index >= 15 is 0 Å². The van der Waals surface area contributed by atoms with E-state index in [0.717, 1.165) is 32.6 Å². The zero-order valence-electron chi connectivity index (χ0n) is 10.3. The Hall–Kier alpha value is -2.21. The first-order valence-corrected chi connectivity index (χ1v) is 6.93. The minimum absolute atomic E-state index is 0.0233. The Morgan fingerprint density at radius 2 is 2.15 bits per heavy atom. The molecule has 1 aromatic carbocycles. The van der Waals surface area contributed by atoms with Gasteiger partial charge in [0.2, 0.25) is 0 Å². The molecule has 0 atom stereocenters. The first-order chi connectivity index (χ1) is 9.72. The van der Waals surface area contributed by atoms with Gasteiger partial charge in [-0.15, -0.1) is 0 Å². The fraction of sp³-hybridized carbons (Fsp3) is 0.0714. The molecule has 0 radical (unpaired) electrons. The minimum atomic E-state index is -0.0233. The number of benzene rings is 1. The van der Waals surface area contributed by atoms with Gasteiger partial charge in [0.25, 0.3) is 5.91 Å². The molecule has 5 nitrogen and oxygen atoms in total. The van der Waals surface area contributed by atoms with Crippen LogP contribution in [0.2, 0.25) is 0 Å². The molecule has 3 heterocycles. The number of rotatable bonds is 1. The zero-order valence-corrected chi connectivity index (χ0v) is 11.9. The lowest BCUT2D eigenvalue weighted by atomic mass is 10.0. The molecule has 1 aliphatic rings. The Bertz CT molecular complexity index is 856. The molecule has 0 bridgehead atoms. The van der Waals surface area contributed by atoms with Gasteiger partial charge in [-0.25, -0.2) is 9.50 Å². The molecule has 2 aromatic heterocycles. The van der Waals surface area contributed by atoms with Crippen molar-refractivity contribution in [1.29, 1.82) is 0 Å². The average Bonchev–Trinajstić information content (AvgIpc) is 3.02. The minimum Gasteiger partial charge on any atom is -0.348 e. The third-order valence-corrected chi connectivity index (χ3v) is 3.84. The van der Waals surface area contributed by atoms with E-state index < -0.39 is 0 Å².